The Hall–Kier alpha value is -3.88. The van der Waals surface area contributed by atoms with Crippen molar-refractivity contribution in [3.63, 3.8) is 0 Å². The standard InChI is InChI=1S/C31H28N4O2S2/c1-20-12-17-25-26(18-20)39-29-28(25)30(37)35(24-10-6-3-7-11-24)31(34-29)38-19-27(36)33-23-15-13-22(14-16-23)32-21-8-4-2-5-9-21/h2-11,13-16,20,32H,12,17-19H2,1H3,(H,33,36). The van der Waals surface area contributed by atoms with E-state index in [9.17, 15) is 9.59 Å². The second kappa shape index (κ2) is 11.1. The fourth-order valence-electron chi connectivity index (χ4n) is 4.93. The van der Waals surface area contributed by atoms with Crippen LogP contribution in [0.4, 0.5) is 17.1 Å². The molecule has 0 radical (unpaired) electrons. The number of hydrogen-bond acceptors (Lipinski definition) is 6. The summed E-state index contributed by atoms with van der Waals surface area (Å²) in [6.07, 6.45) is 2.99. The van der Waals surface area contributed by atoms with Gasteiger partial charge in [-0.25, -0.2) is 4.98 Å². The van der Waals surface area contributed by atoms with E-state index in [1.54, 1.807) is 15.9 Å². The van der Waals surface area contributed by atoms with Crippen molar-refractivity contribution in [1.29, 1.82) is 0 Å². The molecule has 0 saturated carbocycles. The summed E-state index contributed by atoms with van der Waals surface area (Å²) in [5.41, 5.74) is 4.51. The molecule has 1 aliphatic carbocycles. The molecule has 2 heterocycles. The van der Waals surface area contributed by atoms with Crippen LogP contribution in [-0.4, -0.2) is 21.2 Å². The van der Waals surface area contributed by atoms with Gasteiger partial charge in [-0.05, 0) is 79.3 Å². The minimum atomic E-state index is -0.156. The summed E-state index contributed by atoms with van der Waals surface area (Å²) in [6.45, 7) is 2.26. The topological polar surface area (TPSA) is 76.0 Å². The van der Waals surface area contributed by atoms with Crippen molar-refractivity contribution in [2.75, 3.05) is 16.4 Å². The number of aryl methyl sites for hydroxylation is 1. The normalized spacial score (nSPS) is 14.6. The molecule has 0 bridgehead atoms. The van der Waals surface area contributed by atoms with Gasteiger partial charge in [-0.1, -0.05) is 55.1 Å². The molecule has 0 aliphatic heterocycles. The highest BCUT2D eigenvalue weighted by atomic mass is 32.2. The molecule has 0 saturated heterocycles. The molecule has 6 nitrogen and oxygen atoms in total. The highest BCUT2D eigenvalue weighted by Crippen LogP contribution is 2.37. The van der Waals surface area contributed by atoms with E-state index in [4.69, 9.17) is 4.98 Å². The predicted molar refractivity (Wildman–Crippen MR) is 162 cm³/mol. The fourth-order valence-corrected chi connectivity index (χ4v) is 7.16. The van der Waals surface area contributed by atoms with Crippen LogP contribution < -0.4 is 16.2 Å². The van der Waals surface area contributed by atoms with Gasteiger partial charge in [-0.2, -0.15) is 0 Å². The molecule has 6 rings (SSSR count). The molecule has 1 unspecified atom stereocenters. The zero-order chi connectivity index (χ0) is 26.8. The molecule has 2 N–H and O–H groups in total. The first-order chi connectivity index (χ1) is 19.0. The van der Waals surface area contributed by atoms with Crippen molar-refractivity contribution < 1.29 is 4.79 Å². The molecule has 0 spiro atoms. The van der Waals surface area contributed by atoms with Crippen LogP contribution in [-0.2, 0) is 17.6 Å². The summed E-state index contributed by atoms with van der Waals surface area (Å²) in [7, 11) is 0. The Morgan fingerprint density at radius 2 is 1.64 bits per heavy atom. The quantitative estimate of drug-likeness (QED) is 0.167. The van der Waals surface area contributed by atoms with Crippen LogP contribution >= 0.6 is 23.1 Å². The third kappa shape index (κ3) is 5.48. The van der Waals surface area contributed by atoms with Crippen molar-refractivity contribution in [2.45, 2.75) is 31.3 Å². The number of nitrogens with one attached hydrogen (secondary N) is 2. The van der Waals surface area contributed by atoms with Gasteiger partial charge in [-0.3, -0.25) is 14.2 Å². The average molecular weight is 553 g/mol. The number of para-hydroxylation sites is 2. The second-order valence-electron chi connectivity index (χ2n) is 9.81. The number of aromatic nitrogens is 2. The van der Waals surface area contributed by atoms with E-state index >= 15 is 0 Å². The summed E-state index contributed by atoms with van der Waals surface area (Å²) in [4.78, 5) is 33.7. The Morgan fingerprint density at radius 3 is 2.38 bits per heavy atom. The molecular formula is C31H28N4O2S2. The lowest BCUT2D eigenvalue weighted by atomic mass is 9.89. The number of benzene rings is 3. The molecule has 8 heteroatoms. The molecule has 1 atom stereocenters. The number of anilines is 3. The number of thiophene rings is 1. The van der Waals surface area contributed by atoms with Gasteiger partial charge < -0.3 is 10.6 Å². The Morgan fingerprint density at radius 1 is 0.974 bits per heavy atom. The maximum atomic E-state index is 13.9. The monoisotopic (exact) mass is 552 g/mol. The minimum absolute atomic E-state index is 0.0531. The SMILES string of the molecule is CC1CCc2c(sc3nc(SCC(=O)Nc4ccc(Nc5ccccc5)cc4)n(-c4ccccc4)c(=O)c23)C1. The highest BCUT2D eigenvalue weighted by molar-refractivity contribution is 7.99. The number of hydrogen-bond donors (Lipinski definition) is 2. The second-order valence-corrected chi connectivity index (χ2v) is 11.8. The van der Waals surface area contributed by atoms with E-state index in [0.29, 0.717) is 16.8 Å². The predicted octanol–water partition coefficient (Wildman–Crippen LogP) is 7.05. The van der Waals surface area contributed by atoms with Crippen LogP contribution in [0.1, 0.15) is 23.8 Å². The maximum Gasteiger partial charge on any atom is 0.267 e. The van der Waals surface area contributed by atoms with Crippen LogP contribution in [0.5, 0.6) is 0 Å². The molecule has 39 heavy (non-hydrogen) atoms. The maximum absolute atomic E-state index is 13.9. The first-order valence-electron chi connectivity index (χ1n) is 13.0. The van der Waals surface area contributed by atoms with Crippen molar-refractivity contribution in [3.05, 3.63) is 106 Å². The molecule has 0 fully saturated rings. The van der Waals surface area contributed by atoms with Gasteiger partial charge in [0.15, 0.2) is 5.16 Å². The molecule has 2 aromatic heterocycles. The molecule has 5 aromatic rings. The van der Waals surface area contributed by atoms with Crippen LogP contribution in [0.15, 0.2) is 94.9 Å². The summed E-state index contributed by atoms with van der Waals surface area (Å²) in [6, 6.07) is 27.1. The zero-order valence-electron chi connectivity index (χ0n) is 21.5. The first kappa shape index (κ1) is 25.4. The van der Waals surface area contributed by atoms with Gasteiger partial charge in [0.25, 0.3) is 5.56 Å². The Kier molecular flexibility index (Phi) is 7.22. The smallest absolute Gasteiger partial charge is 0.267 e. The van der Waals surface area contributed by atoms with Crippen LogP contribution in [0.3, 0.4) is 0 Å². The van der Waals surface area contributed by atoms with E-state index in [1.807, 2.05) is 84.9 Å². The number of carbonyl (C=O) groups is 1. The summed E-state index contributed by atoms with van der Waals surface area (Å²) in [5.74, 6) is 0.594. The Balaban J connectivity index is 1.22. The van der Waals surface area contributed by atoms with Crippen molar-refractivity contribution in [2.24, 2.45) is 5.92 Å². The lowest BCUT2D eigenvalue weighted by Crippen LogP contribution is -2.23. The Bertz CT molecular complexity index is 1680. The van der Waals surface area contributed by atoms with Gasteiger partial charge in [0.2, 0.25) is 5.91 Å². The lowest BCUT2D eigenvalue weighted by Gasteiger charge is -2.17. The van der Waals surface area contributed by atoms with Crippen LogP contribution in [0, 0.1) is 5.92 Å². The van der Waals surface area contributed by atoms with Gasteiger partial charge in [0.1, 0.15) is 4.83 Å². The first-order valence-corrected chi connectivity index (χ1v) is 14.8. The molecule has 3 aromatic carbocycles. The highest BCUT2D eigenvalue weighted by Gasteiger charge is 2.25. The number of fused-ring (bicyclic) bond motifs is 3. The van der Waals surface area contributed by atoms with E-state index in [0.717, 1.165) is 52.1 Å². The van der Waals surface area contributed by atoms with Gasteiger partial charge in [0, 0.05) is 21.9 Å². The number of rotatable bonds is 7. The van der Waals surface area contributed by atoms with Gasteiger partial charge >= 0.3 is 0 Å². The molecule has 1 amide bonds. The summed E-state index contributed by atoms with van der Waals surface area (Å²) in [5, 5.41) is 7.57. The van der Waals surface area contributed by atoms with Gasteiger partial charge in [-0.15, -0.1) is 11.3 Å². The van der Waals surface area contributed by atoms with E-state index < -0.39 is 0 Å². The lowest BCUT2D eigenvalue weighted by molar-refractivity contribution is -0.113. The fraction of sp³-hybridized carbons (Fsp3) is 0.194. The van der Waals surface area contributed by atoms with Gasteiger partial charge in [0.05, 0.1) is 16.8 Å². The molecule has 1 aliphatic rings. The van der Waals surface area contributed by atoms with Crippen LogP contribution in [0.25, 0.3) is 15.9 Å². The van der Waals surface area contributed by atoms with E-state index in [-0.39, 0.29) is 17.2 Å². The number of thioether (sulfide) groups is 1. The zero-order valence-corrected chi connectivity index (χ0v) is 23.1. The minimum Gasteiger partial charge on any atom is -0.356 e. The van der Waals surface area contributed by atoms with Crippen molar-refractivity contribution >= 4 is 56.3 Å². The third-order valence-corrected chi connectivity index (χ3v) is 8.96. The number of nitrogens with zero attached hydrogens (tertiary/aromatic N) is 2. The summed E-state index contributed by atoms with van der Waals surface area (Å²) < 4.78 is 1.66. The van der Waals surface area contributed by atoms with E-state index in [1.165, 1.54) is 16.6 Å². The number of carbonyl (C=O) groups excluding carboxylic acids is 1. The molecule has 196 valence electrons. The van der Waals surface area contributed by atoms with Crippen molar-refractivity contribution in [1.82, 2.24) is 9.55 Å². The largest absolute Gasteiger partial charge is 0.356 e. The molecular weight excluding hydrogens is 525 g/mol. The van der Waals surface area contributed by atoms with Crippen molar-refractivity contribution in [3.8, 4) is 5.69 Å². The van der Waals surface area contributed by atoms with Crippen LogP contribution in [0.2, 0.25) is 0 Å². The third-order valence-electron chi connectivity index (χ3n) is 6.88. The average Bonchev–Trinajstić information content (AvgIpc) is 3.31. The summed E-state index contributed by atoms with van der Waals surface area (Å²) >= 11 is 2.91. The Labute approximate surface area is 235 Å². The number of amides is 1. The van der Waals surface area contributed by atoms with E-state index in [2.05, 4.69) is 17.6 Å².